The number of imide groups is 1. The first-order valence-electron chi connectivity index (χ1n) is 8.54. The predicted octanol–water partition coefficient (Wildman–Crippen LogP) is 1.30. The largest absolute Gasteiger partial charge is 0.361 e. The number of nitrogens with one attached hydrogen (secondary N) is 3. The SMILES string of the molecule is O=C1NC(=O)C2(CCN(C(=O)CCc3c[nH]c4ccccc34)CC2)N1. The molecule has 7 nitrogen and oxygen atoms in total. The summed E-state index contributed by atoms with van der Waals surface area (Å²) in [5.74, 6) is -0.187. The first-order chi connectivity index (χ1) is 12.1. The average molecular weight is 340 g/mol. The lowest BCUT2D eigenvalue weighted by molar-refractivity contribution is -0.135. The number of likely N-dealkylation sites (tertiary alicyclic amines) is 1. The Hall–Kier alpha value is -2.83. The molecule has 2 saturated heterocycles. The fraction of sp³-hybridized carbons (Fsp3) is 0.389. The van der Waals surface area contributed by atoms with Gasteiger partial charge in [0.1, 0.15) is 5.54 Å². The van der Waals surface area contributed by atoms with E-state index in [-0.39, 0.29) is 11.8 Å². The maximum atomic E-state index is 12.5. The molecule has 0 radical (unpaired) electrons. The van der Waals surface area contributed by atoms with Crippen molar-refractivity contribution in [3.8, 4) is 0 Å². The third-order valence-corrected chi connectivity index (χ3v) is 5.27. The number of H-pyrrole nitrogens is 1. The highest BCUT2D eigenvalue weighted by Crippen LogP contribution is 2.26. The van der Waals surface area contributed by atoms with E-state index in [1.165, 1.54) is 0 Å². The first-order valence-corrected chi connectivity index (χ1v) is 8.54. The minimum absolute atomic E-state index is 0.0878. The van der Waals surface area contributed by atoms with Crippen LogP contribution in [0, 0.1) is 0 Å². The highest BCUT2D eigenvalue weighted by Gasteiger charge is 2.48. The lowest BCUT2D eigenvalue weighted by Crippen LogP contribution is -2.55. The minimum atomic E-state index is -0.829. The molecule has 2 aromatic rings. The Balaban J connectivity index is 1.35. The van der Waals surface area contributed by atoms with Gasteiger partial charge in [-0.15, -0.1) is 0 Å². The maximum Gasteiger partial charge on any atom is 0.322 e. The fourth-order valence-electron chi connectivity index (χ4n) is 3.76. The van der Waals surface area contributed by atoms with Gasteiger partial charge in [0.05, 0.1) is 0 Å². The van der Waals surface area contributed by atoms with E-state index in [0.29, 0.717) is 38.8 Å². The van der Waals surface area contributed by atoms with Crippen molar-refractivity contribution in [3.05, 3.63) is 36.0 Å². The van der Waals surface area contributed by atoms with Crippen LogP contribution in [0.2, 0.25) is 0 Å². The smallest absolute Gasteiger partial charge is 0.322 e. The maximum absolute atomic E-state index is 12.5. The Morgan fingerprint density at radius 1 is 1.16 bits per heavy atom. The second kappa shape index (κ2) is 5.91. The Kier molecular flexibility index (Phi) is 3.71. The van der Waals surface area contributed by atoms with Gasteiger partial charge in [-0.25, -0.2) is 4.79 Å². The van der Waals surface area contributed by atoms with Crippen LogP contribution in [0.5, 0.6) is 0 Å². The summed E-state index contributed by atoms with van der Waals surface area (Å²) in [6.07, 6.45) is 4.00. The summed E-state index contributed by atoms with van der Waals surface area (Å²) in [4.78, 5) is 40.8. The first kappa shape index (κ1) is 15.7. The molecule has 130 valence electrons. The van der Waals surface area contributed by atoms with Crippen LogP contribution < -0.4 is 10.6 Å². The molecule has 0 saturated carbocycles. The molecule has 4 amide bonds. The Labute approximate surface area is 144 Å². The van der Waals surface area contributed by atoms with E-state index in [9.17, 15) is 14.4 Å². The van der Waals surface area contributed by atoms with Crippen LogP contribution in [0.3, 0.4) is 0 Å². The zero-order valence-corrected chi connectivity index (χ0v) is 13.8. The molecule has 1 aromatic heterocycles. The number of para-hydroxylation sites is 1. The van der Waals surface area contributed by atoms with Crippen molar-refractivity contribution in [3.63, 3.8) is 0 Å². The number of benzene rings is 1. The van der Waals surface area contributed by atoms with Gasteiger partial charge in [0.25, 0.3) is 5.91 Å². The van der Waals surface area contributed by atoms with Gasteiger partial charge < -0.3 is 15.2 Å². The summed E-state index contributed by atoms with van der Waals surface area (Å²) in [6.45, 7) is 0.973. The summed E-state index contributed by atoms with van der Waals surface area (Å²) >= 11 is 0. The van der Waals surface area contributed by atoms with E-state index in [4.69, 9.17) is 0 Å². The standard InChI is InChI=1S/C18H20N4O3/c23-15(6-5-12-11-19-14-4-2-1-3-13(12)14)22-9-7-18(8-10-22)16(24)20-17(25)21-18/h1-4,11,19H,5-10H2,(H2,20,21,24,25). The van der Waals surface area contributed by atoms with Crippen molar-refractivity contribution in [2.24, 2.45) is 0 Å². The monoisotopic (exact) mass is 340 g/mol. The average Bonchev–Trinajstić information content (AvgIpc) is 3.14. The molecule has 7 heteroatoms. The van der Waals surface area contributed by atoms with E-state index in [0.717, 1.165) is 16.5 Å². The number of urea groups is 1. The van der Waals surface area contributed by atoms with Gasteiger partial charge in [-0.2, -0.15) is 0 Å². The van der Waals surface area contributed by atoms with Gasteiger partial charge in [0.15, 0.2) is 0 Å². The third kappa shape index (κ3) is 2.75. The van der Waals surface area contributed by atoms with Crippen molar-refractivity contribution in [2.75, 3.05) is 13.1 Å². The Morgan fingerprint density at radius 2 is 1.92 bits per heavy atom. The molecule has 4 rings (SSSR count). The highest BCUT2D eigenvalue weighted by molar-refractivity contribution is 6.07. The molecule has 3 heterocycles. The lowest BCUT2D eigenvalue weighted by Gasteiger charge is -2.37. The van der Waals surface area contributed by atoms with E-state index < -0.39 is 11.6 Å². The molecule has 0 aliphatic carbocycles. The topological polar surface area (TPSA) is 94.3 Å². The van der Waals surface area contributed by atoms with E-state index in [2.05, 4.69) is 21.7 Å². The minimum Gasteiger partial charge on any atom is -0.361 e. The van der Waals surface area contributed by atoms with Crippen molar-refractivity contribution in [2.45, 2.75) is 31.2 Å². The Morgan fingerprint density at radius 3 is 2.64 bits per heavy atom. The van der Waals surface area contributed by atoms with Crippen molar-refractivity contribution in [1.29, 1.82) is 0 Å². The van der Waals surface area contributed by atoms with Gasteiger partial charge >= 0.3 is 6.03 Å². The van der Waals surface area contributed by atoms with Crippen LogP contribution in [-0.2, 0) is 16.0 Å². The lowest BCUT2D eigenvalue weighted by atomic mass is 9.87. The molecule has 0 unspecified atom stereocenters. The predicted molar refractivity (Wildman–Crippen MR) is 91.8 cm³/mol. The van der Waals surface area contributed by atoms with Crippen LogP contribution in [0.1, 0.15) is 24.8 Å². The molecule has 2 aliphatic rings. The van der Waals surface area contributed by atoms with Crippen LogP contribution in [0.4, 0.5) is 4.79 Å². The fourth-order valence-corrected chi connectivity index (χ4v) is 3.76. The summed E-state index contributed by atoms with van der Waals surface area (Å²) in [6, 6.07) is 7.61. The molecular weight excluding hydrogens is 320 g/mol. The van der Waals surface area contributed by atoms with Crippen LogP contribution in [0.25, 0.3) is 10.9 Å². The molecule has 0 atom stereocenters. The summed E-state index contributed by atoms with van der Waals surface area (Å²) < 4.78 is 0. The number of aromatic nitrogens is 1. The number of fused-ring (bicyclic) bond motifs is 1. The van der Waals surface area contributed by atoms with Gasteiger partial charge in [-0.3, -0.25) is 14.9 Å². The van der Waals surface area contributed by atoms with E-state index in [1.54, 1.807) is 4.90 Å². The number of carbonyl (C=O) groups excluding carboxylic acids is 3. The van der Waals surface area contributed by atoms with Gasteiger partial charge in [-0.1, -0.05) is 18.2 Å². The molecule has 2 aliphatic heterocycles. The summed E-state index contributed by atoms with van der Waals surface area (Å²) in [5, 5.41) is 6.15. The highest BCUT2D eigenvalue weighted by atomic mass is 16.2. The summed E-state index contributed by atoms with van der Waals surface area (Å²) in [5.41, 5.74) is 1.39. The quantitative estimate of drug-likeness (QED) is 0.735. The zero-order chi connectivity index (χ0) is 17.4. The van der Waals surface area contributed by atoms with Crippen molar-refractivity contribution >= 4 is 28.7 Å². The number of amides is 4. The number of rotatable bonds is 3. The molecular formula is C18H20N4O3. The third-order valence-electron chi connectivity index (χ3n) is 5.27. The number of hydrogen-bond acceptors (Lipinski definition) is 3. The van der Waals surface area contributed by atoms with Crippen molar-refractivity contribution in [1.82, 2.24) is 20.5 Å². The molecule has 0 bridgehead atoms. The number of hydrogen-bond donors (Lipinski definition) is 3. The molecule has 3 N–H and O–H groups in total. The molecule has 1 spiro atoms. The molecule has 25 heavy (non-hydrogen) atoms. The number of carbonyl (C=O) groups is 3. The normalized spacial score (nSPS) is 19.3. The molecule has 2 fully saturated rings. The molecule has 1 aromatic carbocycles. The van der Waals surface area contributed by atoms with E-state index >= 15 is 0 Å². The van der Waals surface area contributed by atoms with Gasteiger partial charge in [0.2, 0.25) is 5.91 Å². The van der Waals surface area contributed by atoms with Crippen LogP contribution in [-0.4, -0.2) is 46.4 Å². The summed E-state index contributed by atoms with van der Waals surface area (Å²) in [7, 11) is 0. The van der Waals surface area contributed by atoms with Crippen LogP contribution >= 0.6 is 0 Å². The number of aromatic amines is 1. The second-order valence-corrected chi connectivity index (χ2v) is 6.73. The van der Waals surface area contributed by atoms with Crippen LogP contribution in [0.15, 0.2) is 30.5 Å². The van der Waals surface area contributed by atoms with Gasteiger partial charge in [-0.05, 0) is 30.9 Å². The zero-order valence-electron chi connectivity index (χ0n) is 13.8. The second-order valence-electron chi connectivity index (χ2n) is 6.73. The number of aryl methyl sites for hydroxylation is 1. The van der Waals surface area contributed by atoms with Gasteiger partial charge in [0, 0.05) is 36.6 Å². The van der Waals surface area contributed by atoms with Crippen molar-refractivity contribution < 1.29 is 14.4 Å². The number of nitrogens with zero attached hydrogens (tertiary/aromatic N) is 1. The Bertz CT molecular complexity index is 849. The van der Waals surface area contributed by atoms with E-state index in [1.807, 2.05) is 24.4 Å². The number of piperidine rings is 1.